The molecule has 0 aromatic heterocycles. The van der Waals surface area contributed by atoms with Crippen molar-refractivity contribution in [2.45, 2.75) is 130 Å². The number of rotatable bonds is 13. The molecule has 14 heteroatoms. The zero-order chi connectivity index (χ0) is 47.1. The summed E-state index contributed by atoms with van der Waals surface area (Å²) in [5.74, 6) is -0.184. The highest BCUT2D eigenvalue weighted by molar-refractivity contribution is 7.99. The fourth-order valence-corrected chi connectivity index (χ4v) is 10.6. The average molecular weight is 945 g/mol. The van der Waals surface area contributed by atoms with Gasteiger partial charge < -0.3 is 29.9 Å². The van der Waals surface area contributed by atoms with Crippen molar-refractivity contribution in [2.24, 2.45) is 9.98 Å². The Hall–Kier alpha value is -5.60. The maximum Gasteiger partial charge on any atom is 0.409 e. The number of amides is 4. The van der Waals surface area contributed by atoms with Crippen LogP contribution in [0, 0.1) is 0 Å². The van der Waals surface area contributed by atoms with Gasteiger partial charge in [0.2, 0.25) is 0 Å². The van der Waals surface area contributed by atoms with Gasteiger partial charge in [-0.15, -0.1) is 0 Å². The molecule has 4 aromatic rings. The zero-order valence-electron chi connectivity index (χ0n) is 39.3. The first-order chi connectivity index (χ1) is 32.7. The van der Waals surface area contributed by atoms with Crippen LogP contribution < -0.4 is 10.6 Å². The molecule has 2 N–H and O–H groups in total. The minimum absolute atomic E-state index is 0.0451. The summed E-state index contributed by atoms with van der Waals surface area (Å²) in [4.78, 5) is 67.9. The lowest BCUT2D eigenvalue weighted by Gasteiger charge is -2.31. The second-order valence-electron chi connectivity index (χ2n) is 17.1. The molecular formula is C53H64N6O6S2. The Morgan fingerprint density at radius 2 is 0.970 bits per heavy atom. The lowest BCUT2D eigenvalue weighted by atomic mass is 10.0. The smallest absolute Gasteiger partial charge is 0.409 e. The third-order valence-corrected chi connectivity index (χ3v) is 14.6. The number of carbonyl (C=O) groups excluding carboxylic acids is 4. The number of benzene rings is 4. The van der Waals surface area contributed by atoms with E-state index in [1.807, 2.05) is 36.4 Å². The van der Waals surface area contributed by atoms with E-state index in [2.05, 4.69) is 73.0 Å². The first-order valence-corrected chi connectivity index (χ1v) is 25.7. The van der Waals surface area contributed by atoms with Crippen LogP contribution >= 0.6 is 23.5 Å². The van der Waals surface area contributed by atoms with Gasteiger partial charge in [-0.1, -0.05) is 93.0 Å². The number of nitrogens with one attached hydrogen (secondary N) is 2. The minimum atomic E-state index is -0.275. The van der Waals surface area contributed by atoms with Gasteiger partial charge in [0.15, 0.2) is 0 Å². The number of fused-ring (bicyclic) bond motifs is 4. The Morgan fingerprint density at radius 3 is 1.39 bits per heavy atom. The Bertz CT molecular complexity index is 2440. The fourth-order valence-electron chi connectivity index (χ4n) is 8.55. The number of carbonyl (C=O) groups is 4. The highest BCUT2D eigenvalue weighted by atomic mass is 32.2. The van der Waals surface area contributed by atoms with Crippen LogP contribution in [-0.2, 0) is 9.47 Å². The highest BCUT2D eigenvalue weighted by Gasteiger charge is 2.28. The Labute approximate surface area is 404 Å². The number of aliphatic imine (C=N–C) groups is 2. The number of hydrogen-bond donors (Lipinski definition) is 2. The van der Waals surface area contributed by atoms with Crippen LogP contribution in [0.3, 0.4) is 0 Å². The molecule has 12 nitrogen and oxygen atoms in total. The second kappa shape index (κ2) is 24.4. The third-order valence-electron chi connectivity index (χ3n) is 12.3. The van der Waals surface area contributed by atoms with E-state index >= 15 is 0 Å². The summed E-state index contributed by atoms with van der Waals surface area (Å²) in [7, 11) is 0. The lowest BCUT2D eigenvalue weighted by Crippen LogP contribution is -2.46. The van der Waals surface area contributed by atoms with Crippen molar-refractivity contribution in [3.8, 4) is 0 Å². The molecule has 2 saturated heterocycles. The minimum Gasteiger partial charge on any atom is -0.450 e. The predicted molar refractivity (Wildman–Crippen MR) is 268 cm³/mol. The monoisotopic (exact) mass is 944 g/mol. The summed E-state index contributed by atoms with van der Waals surface area (Å²) < 4.78 is 10.1. The first kappa shape index (κ1) is 49.3. The van der Waals surface area contributed by atoms with Crippen LogP contribution in [0.15, 0.2) is 114 Å². The van der Waals surface area contributed by atoms with E-state index in [1.165, 1.54) is 33.8 Å². The molecule has 0 radical (unpaired) electrons. The molecule has 4 aliphatic heterocycles. The normalized spacial score (nSPS) is 15.6. The number of piperidine rings is 2. The number of nitrogens with zero attached hydrogens (tertiary/aromatic N) is 4. The zero-order valence-corrected chi connectivity index (χ0v) is 40.9. The SMILES string of the molecule is CCCCC1=Nc2cc(C(=O)NC3CCN(C(=O)OCC)CC3)ccc2Sc2ccccc21.CCCCCC1=Nc2cc(C(=O)NC3CCN(C(=O)OCC)CC3)ccc2Sc2ccccc21. The van der Waals surface area contributed by atoms with E-state index in [9.17, 15) is 19.2 Å². The molecular weight excluding hydrogens is 881 g/mol. The van der Waals surface area contributed by atoms with Crippen LogP contribution in [-0.4, -0.2) is 96.7 Å². The van der Waals surface area contributed by atoms with Crippen molar-refractivity contribution in [1.29, 1.82) is 0 Å². The van der Waals surface area contributed by atoms with Crippen LogP contribution in [0.2, 0.25) is 0 Å². The van der Waals surface area contributed by atoms with Gasteiger partial charge in [0.05, 0.1) is 24.6 Å². The number of hydrogen-bond acceptors (Lipinski definition) is 10. The summed E-state index contributed by atoms with van der Waals surface area (Å²) in [5.41, 5.74) is 7.51. The summed E-state index contributed by atoms with van der Waals surface area (Å²) in [6.07, 6.45) is 9.84. The number of likely N-dealkylation sites (tertiary alicyclic amines) is 2. The fraction of sp³-hybridized carbons (Fsp3) is 0.434. The van der Waals surface area contributed by atoms with Gasteiger partial charge in [0.25, 0.3) is 11.8 Å². The van der Waals surface area contributed by atoms with Crippen LogP contribution in [0.25, 0.3) is 0 Å². The van der Waals surface area contributed by atoms with Gasteiger partial charge in [0, 0.05) is 91.5 Å². The molecule has 4 amide bonds. The van der Waals surface area contributed by atoms with Crippen molar-refractivity contribution in [3.63, 3.8) is 0 Å². The van der Waals surface area contributed by atoms with Gasteiger partial charge in [0.1, 0.15) is 0 Å². The van der Waals surface area contributed by atoms with Gasteiger partial charge >= 0.3 is 12.2 Å². The molecule has 0 atom stereocenters. The average Bonchev–Trinajstić information content (AvgIpc) is 3.61. The predicted octanol–water partition coefficient (Wildman–Crippen LogP) is 12.0. The topological polar surface area (TPSA) is 142 Å². The lowest BCUT2D eigenvalue weighted by molar-refractivity contribution is 0.0844. The van der Waals surface area contributed by atoms with Crippen LogP contribution in [0.5, 0.6) is 0 Å². The molecule has 354 valence electrons. The van der Waals surface area contributed by atoms with E-state index in [0.29, 0.717) is 50.5 Å². The molecule has 4 aliphatic rings. The van der Waals surface area contributed by atoms with Gasteiger partial charge in [-0.25, -0.2) is 9.59 Å². The van der Waals surface area contributed by atoms with E-state index in [0.717, 1.165) is 90.4 Å². The molecule has 0 aliphatic carbocycles. The molecule has 0 bridgehead atoms. The third kappa shape index (κ3) is 13.1. The van der Waals surface area contributed by atoms with Crippen molar-refractivity contribution in [2.75, 3.05) is 39.4 Å². The molecule has 67 heavy (non-hydrogen) atoms. The standard InChI is InChI=1S/C27H33N3O3S.C26H31N3O3S/c1-3-5-6-10-22-21-9-7-8-11-24(21)34-25-13-12-19(18-23(25)29-22)26(31)28-20-14-16-30(17-15-20)27(32)33-4-2;1-3-5-9-21-20-8-6-7-10-23(20)33-24-12-11-18(17-22(24)28-21)25(30)27-19-13-15-29(16-14-19)26(31)32-4-2/h7-9,11-13,18,20H,3-6,10,14-17H2,1-2H3,(H,28,31);6-8,10-12,17,19H,3-5,9,13-16H2,1-2H3,(H,27,30). The van der Waals surface area contributed by atoms with E-state index in [-0.39, 0.29) is 36.1 Å². The second-order valence-corrected chi connectivity index (χ2v) is 19.3. The highest BCUT2D eigenvalue weighted by Crippen LogP contribution is 2.43. The van der Waals surface area contributed by atoms with Crippen molar-refractivity contribution >= 4 is 70.3 Å². The van der Waals surface area contributed by atoms with Gasteiger partial charge in [-0.2, -0.15) is 0 Å². The van der Waals surface area contributed by atoms with E-state index in [4.69, 9.17) is 19.5 Å². The Balaban J connectivity index is 0.000000199. The summed E-state index contributed by atoms with van der Waals surface area (Å²) in [6.45, 7) is 11.1. The molecule has 0 spiro atoms. The summed E-state index contributed by atoms with van der Waals surface area (Å²) in [5, 5.41) is 6.29. The molecule has 8 rings (SSSR count). The number of unbranched alkanes of at least 4 members (excludes halogenated alkanes) is 3. The Morgan fingerprint density at radius 1 is 0.552 bits per heavy atom. The largest absolute Gasteiger partial charge is 0.450 e. The van der Waals surface area contributed by atoms with Crippen LogP contribution in [0.1, 0.15) is 130 Å². The van der Waals surface area contributed by atoms with Crippen molar-refractivity contribution < 1.29 is 28.7 Å². The summed E-state index contributed by atoms with van der Waals surface area (Å²) >= 11 is 3.42. The van der Waals surface area contributed by atoms with Crippen molar-refractivity contribution in [1.82, 2.24) is 20.4 Å². The van der Waals surface area contributed by atoms with Gasteiger partial charge in [-0.3, -0.25) is 19.6 Å². The summed E-state index contributed by atoms with van der Waals surface area (Å²) in [6, 6.07) is 28.5. The molecule has 4 aromatic carbocycles. The van der Waals surface area contributed by atoms with Crippen LogP contribution in [0.4, 0.5) is 21.0 Å². The number of ether oxygens (including phenoxy) is 2. The van der Waals surface area contributed by atoms with Crippen molar-refractivity contribution in [3.05, 3.63) is 107 Å². The molecule has 4 heterocycles. The van der Waals surface area contributed by atoms with Gasteiger partial charge in [-0.05, 0) is 114 Å². The first-order valence-electron chi connectivity index (χ1n) is 24.1. The Kier molecular flexibility index (Phi) is 18.0. The maximum atomic E-state index is 13.0. The maximum absolute atomic E-state index is 13.0. The quantitative estimate of drug-likeness (QED) is 0.126. The molecule has 0 unspecified atom stereocenters. The molecule has 0 saturated carbocycles. The molecule has 2 fully saturated rings. The van der Waals surface area contributed by atoms with E-state index < -0.39 is 0 Å². The van der Waals surface area contributed by atoms with E-state index in [1.54, 1.807) is 47.2 Å².